The second kappa shape index (κ2) is 4.45. The van der Waals surface area contributed by atoms with Gasteiger partial charge in [-0.2, -0.15) is 0 Å². The Morgan fingerprint density at radius 3 is 2.23 bits per heavy atom. The fourth-order valence-electron chi connectivity index (χ4n) is 0.890. The quantitative estimate of drug-likeness (QED) is 0.445. The first-order valence-electron chi connectivity index (χ1n) is 3.39. The van der Waals surface area contributed by atoms with E-state index < -0.39 is 0 Å². The first kappa shape index (κ1) is 11.0. The van der Waals surface area contributed by atoms with Crippen molar-refractivity contribution in [3.05, 3.63) is 24.8 Å². The zero-order valence-corrected chi connectivity index (χ0v) is 11.1. The van der Waals surface area contributed by atoms with E-state index in [9.17, 15) is 4.79 Å². The highest BCUT2D eigenvalue weighted by atomic mass is 127. The van der Waals surface area contributed by atoms with Crippen LogP contribution in [0.5, 0.6) is 0 Å². The van der Waals surface area contributed by atoms with E-state index >= 15 is 0 Å². The van der Waals surface area contributed by atoms with Crippen LogP contribution in [0.15, 0.2) is 12.1 Å². The third-order valence-electron chi connectivity index (χ3n) is 1.45. The van der Waals surface area contributed by atoms with Gasteiger partial charge in [-0.3, -0.25) is 0 Å². The van der Waals surface area contributed by atoms with Crippen LogP contribution in [-0.2, 0) is 4.74 Å². The Morgan fingerprint density at radius 1 is 1.38 bits per heavy atom. The number of carbonyl (C=O) groups is 1. The number of benzene rings is 1. The molecule has 0 saturated heterocycles. The van der Waals surface area contributed by atoms with Gasteiger partial charge in [0.15, 0.2) is 0 Å². The van der Waals surface area contributed by atoms with Gasteiger partial charge in [0.2, 0.25) is 0 Å². The number of esters is 1. The van der Waals surface area contributed by atoms with Crippen molar-refractivity contribution in [3.8, 4) is 0 Å². The van der Waals surface area contributed by atoms with Crippen LogP contribution in [0.1, 0.15) is 10.4 Å². The zero-order valence-electron chi connectivity index (χ0n) is 6.80. The number of halogens is 2. The van der Waals surface area contributed by atoms with Crippen molar-refractivity contribution >= 4 is 56.8 Å². The first-order chi connectivity index (χ1) is 6.06. The summed E-state index contributed by atoms with van der Waals surface area (Å²) in [5.74, 6) is -0.325. The molecule has 5 heteroatoms. The van der Waals surface area contributed by atoms with Crippen molar-refractivity contribution in [2.45, 2.75) is 0 Å². The second-order valence-corrected chi connectivity index (χ2v) is 4.68. The number of carbonyl (C=O) groups excluding carboxylic acids is 1. The molecule has 0 aliphatic rings. The van der Waals surface area contributed by atoms with Gasteiger partial charge in [0.05, 0.1) is 12.7 Å². The van der Waals surface area contributed by atoms with E-state index in [1.807, 2.05) is 0 Å². The smallest absolute Gasteiger partial charge is 0.340 e. The van der Waals surface area contributed by atoms with Crippen LogP contribution in [0, 0.1) is 7.14 Å². The van der Waals surface area contributed by atoms with Gasteiger partial charge in [-0.1, -0.05) is 0 Å². The van der Waals surface area contributed by atoms with Crippen molar-refractivity contribution in [1.29, 1.82) is 0 Å². The largest absolute Gasteiger partial charge is 0.465 e. The highest BCUT2D eigenvalue weighted by Gasteiger charge is 2.14. The van der Waals surface area contributed by atoms with Gasteiger partial charge in [0, 0.05) is 12.8 Å². The van der Waals surface area contributed by atoms with Crippen LogP contribution in [0.25, 0.3) is 0 Å². The van der Waals surface area contributed by atoms with Crippen LogP contribution < -0.4 is 5.73 Å². The molecule has 70 valence electrons. The van der Waals surface area contributed by atoms with Crippen LogP contribution in [0.2, 0.25) is 0 Å². The molecule has 0 spiro atoms. The summed E-state index contributed by atoms with van der Waals surface area (Å²) in [5.41, 5.74) is 6.84. The van der Waals surface area contributed by atoms with Crippen LogP contribution in [0.4, 0.5) is 5.69 Å². The molecular weight excluding hydrogens is 396 g/mol. The van der Waals surface area contributed by atoms with E-state index in [4.69, 9.17) is 5.73 Å². The summed E-state index contributed by atoms with van der Waals surface area (Å²) in [6.07, 6.45) is 0. The van der Waals surface area contributed by atoms with E-state index in [0.29, 0.717) is 11.3 Å². The number of rotatable bonds is 1. The lowest BCUT2D eigenvalue weighted by atomic mass is 10.2. The summed E-state index contributed by atoms with van der Waals surface area (Å²) < 4.78 is 6.28. The Balaban J connectivity index is 3.28. The van der Waals surface area contributed by atoms with E-state index in [-0.39, 0.29) is 5.97 Å². The summed E-state index contributed by atoms with van der Waals surface area (Å²) in [5, 5.41) is 0. The molecule has 13 heavy (non-hydrogen) atoms. The number of anilines is 1. The molecule has 1 aromatic rings. The fraction of sp³-hybridized carbons (Fsp3) is 0.125. The van der Waals surface area contributed by atoms with Crippen LogP contribution in [-0.4, -0.2) is 13.1 Å². The predicted octanol–water partition coefficient (Wildman–Crippen LogP) is 2.26. The minimum Gasteiger partial charge on any atom is -0.465 e. The Morgan fingerprint density at radius 2 is 1.85 bits per heavy atom. The van der Waals surface area contributed by atoms with Crippen LogP contribution >= 0.6 is 45.2 Å². The number of hydrogen-bond donors (Lipinski definition) is 1. The van der Waals surface area contributed by atoms with Crippen molar-refractivity contribution in [2.75, 3.05) is 12.8 Å². The molecule has 0 aromatic heterocycles. The summed E-state index contributed by atoms with van der Waals surface area (Å²) >= 11 is 4.13. The second-order valence-electron chi connectivity index (χ2n) is 2.35. The van der Waals surface area contributed by atoms with Gasteiger partial charge in [-0.15, -0.1) is 0 Å². The summed E-state index contributed by atoms with van der Waals surface area (Å²) in [6.45, 7) is 0. The Labute approximate surface area is 103 Å². The molecule has 0 saturated carbocycles. The number of methoxy groups -OCH3 is 1. The number of nitrogen functional groups attached to an aromatic ring is 1. The van der Waals surface area contributed by atoms with Crippen molar-refractivity contribution in [2.24, 2.45) is 0 Å². The lowest BCUT2D eigenvalue weighted by Crippen LogP contribution is -2.07. The lowest BCUT2D eigenvalue weighted by molar-refractivity contribution is 0.0598. The molecular formula is C8H7I2NO2. The highest BCUT2D eigenvalue weighted by molar-refractivity contribution is 14.1. The SMILES string of the molecule is COC(=O)c1c(I)cc(N)cc1I. The maximum Gasteiger partial charge on any atom is 0.340 e. The third kappa shape index (κ3) is 2.46. The van der Waals surface area contributed by atoms with Gasteiger partial charge in [0.25, 0.3) is 0 Å². The van der Waals surface area contributed by atoms with E-state index in [1.54, 1.807) is 12.1 Å². The maximum atomic E-state index is 11.3. The first-order valence-corrected chi connectivity index (χ1v) is 5.55. The fourth-order valence-corrected chi connectivity index (χ4v) is 3.15. The minimum atomic E-state index is -0.325. The number of hydrogen-bond acceptors (Lipinski definition) is 3. The summed E-state index contributed by atoms with van der Waals surface area (Å²) in [6, 6.07) is 3.49. The van der Waals surface area contributed by atoms with Gasteiger partial charge in [-0.25, -0.2) is 4.79 Å². The molecule has 0 atom stereocenters. The molecule has 0 fully saturated rings. The van der Waals surface area contributed by atoms with Gasteiger partial charge >= 0.3 is 5.97 Å². The maximum absolute atomic E-state index is 11.3. The Bertz CT molecular complexity index is 329. The Kier molecular flexibility index (Phi) is 3.77. The average Bonchev–Trinajstić information content (AvgIpc) is 2.02. The lowest BCUT2D eigenvalue weighted by Gasteiger charge is -2.05. The molecule has 2 N–H and O–H groups in total. The predicted molar refractivity (Wildman–Crippen MR) is 67.6 cm³/mol. The van der Waals surface area contributed by atoms with Gasteiger partial charge < -0.3 is 10.5 Å². The third-order valence-corrected chi connectivity index (χ3v) is 3.16. The molecule has 0 heterocycles. The molecule has 0 amide bonds. The highest BCUT2D eigenvalue weighted by Crippen LogP contribution is 2.23. The number of ether oxygens (including phenoxy) is 1. The molecule has 0 aliphatic carbocycles. The van der Waals surface area contributed by atoms with E-state index in [1.165, 1.54) is 7.11 Å². The standard InChI is InChI=1S/C8H7I2NO2/c1-13-8(12)7-5(9)2-4(11)3-6(7)10/h2-3H,11H2,1H3. The Hall–Kier alpha value is -0.0500. The summed E-state index contributed by atoms with van der Waals surface area (Å²) in [7, 11) is 1.37. The molecule has 1 aromatic carbocycles. The molecule has 0 unspecified atom stereocenters. The number of nitrogens with two attached hydrogens (primary N) is 1. The van der Waals surface area contributed by atoms with Crippen molar-refractivity contribution in [3.63, 3.8) is 0 Å². The zero-order chi connectivity index (χ0) is 10.0. The summed E-state index contributed by atoms with van der Waals surface area (Å²) in [4.78, 5) is 11.3. The molecule has 0 aliphatic heterocycles. The van der Waals surface area contributed by atoms with E-state index in [0.717, 1.165) is 7.14 Å². The minimum absolute atomic E-state index is 0.325. The topological polar surface area (TPSA) is 52.3 Å². The molecule has 0 radical (unpaired) electrons. The van der Waals surface area contributed by atoms with Crippen LogP contribution in [0.3, 0.4) is 0 Å². The van der Waals surface area contributed by atoms with Crippen molar-refractivity contribution < 1.29 is 9.53 Å². The average molecular weight is 403 g/mol. The molecule has 1 rings (SSSR count). The monoisotopic (exact) mass is 403 g/mol. The molecule has 0 bridgehead atoms. The van der Waals surface area contributed by atoms with E-state index in [2.05, 4.69) is 49.9 Å². The van der Waals surface area contributed by atoms with Gasteiger partial charge in [0.1, 0.15) is 0 Å². The van der Waals surface area contributed by atoms with Crippen molar-refractivity contribution in [1.82, 2.24) is 0 Å². The van der Waals surface area contributed by atoms with Gasteiger partial charge in [-0.05, 0) is 57.3 Å². The normalized spacial score (nSPS) is 9.77. The molecule has 3 nitrogen and oxygen atoms in total.